The molecule has 2 aliphatic heterocycles. The minimum Gasteiger partial charge on any atom is -0.342 e. The molecule has 21 heavy (non-hydrogen) atoms. The highest BCUT2D eigenvalue weighted by Crippen LogP contribution is 2.24. The van der Waals surface area contributed by atoms with E-state index < -0.39 is 0 Å². The van der Waals surface area contributed by atoms with E-state index in [4.69, 9.17) is 0 Å². The van der Waals surface area contributed by atoms with E-state index in [1.807, 2.05) is 30.1 Å². The molecule has 2 aliphatic rings. The average Bonchev–Trinajstić information content (AvgIpc) is 2.53. The van der Waals surface area contributed by atoms with Gasteiger partial charge in [-0.25, -0.2) is 5.01 Å². The number of fused-ring (bicyclic) bond motifs is 2. The third kappa shape index (κ3) is 3.34. The summed E-state index contributed by atoms with van der Waals surface area (Å²) in [5.41, 5.74) is 5.65. The fourth-order valence-electron chi connectivity index (χ4n) is 3.11. The lowest BCUT2D eigenvalue weighted by Gasteiger charge is -2.38. The van der Waals surface area contributed by atoms with E-state index in [0.29, 0.717) is 5.92 Å². The van der Waals surface area contributed by atoms with Crippen LogP contribution in [-0.4, -0.2) is 49.0 Å². The molecule has 1 fully saturated rings. The topological polar surface area (TPSA) is 35.6 Å². The highest BCUT2D eigenvalue weighted by atomic mass is 16.2. The molecule has 0 aliphatic carbocycles. The van der Waals surface area contributed by atoms with Crippen molar-refractivity contribution in [3.63, 3.8) is 0 Å². The van der Waals surface area contributed by atoms with Gasteiger partial charge in [0, 0.05) is 44.7 Å². The lowest BCUT2D eigenvalue weighted by atomic mass is 9.90. The molecule has 2 heterocycles. The van der Waals surface area contributed by atoms with Crippen molar-refractivity contribution in [3.05, 3.63) is 47.5 Å². The Bertz CT molecular complexity index is 526. The summed E-state index contributed by atoms with van der Waals surface area (Å²) in [6, 6.07) is 10.3. The van der Waals surface area contributed by atoms with Crippen LogP contribution in [0.15, 0.2) is 42.0 Å². The first kappa shape index (κ1) is 14.3. The molecule has 112 valence electrons. The van der Waals surface area contributed by atoms with Gasteiger partial charge in [-0.3, -0.25) is 10.2 Å². The molecule has 0 spiro atoms. The first-order chi connectivity index (χ1) is 10.2. The summed E-state index contributed by atoms with van der Waals surface area (Å²) < 4.78 is 0. The zero-order valence-electron chi connectivity index (χ0n) is 12.6. The van der Waals surface area contributed by atoms with Crippen LogP contribution in [0.25, 0.3) is 0 Å². The number of likely N-dealkylation sites (N-methyl/N-ethyl adjacent to an activating group) is 1. The van der Waals surface area contributed by atoms with Crippen molar-refractivity contribution in [1.82, 2.24) is 15.3 Å². The van der Waals surface area contributed by atoms with Gasteiger partial charge in [-0.15, -0.1) is 0 Å². The third-order valence-electron chi connectivity index (χ3n) is 4.41. The van der Waals surface area contributed by atoms with Crippen LogP contribution in [0.2, 0.25) is 0 Å². The highest BCUT2D eigenvalue weighted by Gasteiger charge is 2.31. The monoisotopic (exact) mass is 285 g/mol. The fraction of sp³-hybridized carbons (Fsp3) is 0.471. The zero-order valence-corrected chi connectivity index (χ0v) is 12.6. The SMILES string of the molecule is CN(CCc1ccccc1)C(=O)C1=CCN2CC1CCN2. The van der Waals surface area contributed by atoms with Gasteiger partial charge in [0.1, 0.15) is 0 Å². The molecule has 3 rings (SSSR count). The Hall–Kier alpha value is -1.65. The summed E-state index contributed by atoms with van der Waals surface area (Å²) in [6.07, 6.45) is 4.07. The Kier molecular flexibility index (Phi) is 4.36. The minimum absolute atomic E-state index is 0.206. The maximum absolute atomic E-state index is 12.6. The van der Waals surface area contributed by atoms with Crippen LogP contribution < -0.4 is 5.43 Å². The van der Waals surface area contributed by atoms with E-state index in [-0.39, 0.29) is 5.91 Å². The smallest absolute Gasteiger partial charge is 0.249 e. The summed E-state index contributed by atoms with van der Waals surface area (Å²) in [5, 5.41) is 2.20. The standard InChI is InChI=1S/C17H23N3O/c1-19(11-8-14-5-3-2-4-6-14)17(21)16-9-12-20-13-15(16)7-10-18-20/h2-6,9,15,18H,7-8,10-13H2,1H3. The maximum Gasteiger partial charge on any atom is 0.249 e. The van der Waals surface area contributed by atoms with Gasteiger partial charge in [-0.2, -0.15) is 0 Å². The van der Waals surface area contributed by atoms with Gasteiger partial charge < -0.3 is 4.90 Å². The van der Waals surface area contributed by atoms with Gasteiger partial charge in [-0.1, -0.05) is 36.4 Å². The van der Waals surface area contributed by atoms with Crippen LogP contribution in [0.1, 0.15) is 12.0 Å². The van der Waals surface area contributed by atoms with Gasteiger partial charge in [-0.05, 0) is 18.4 Å². The van der Waals surface area contributed by atoms with Crippen LogP contribution in [0.3, 0.4) is 0 Å². The van der Waals surface area contributed by atoms with Crippen LogP contribution in [-0.2, 0) is 11.2 Å². The third-order valence-corrected chi connectivity index (χ3v) is 4.41. The number of carbonyl (C=O) groups is 1. The van der Waals surface area contributed by atoms with Crippen molar-refractivity contribution >= 4 is 5.91 Å². The molecular weight excluding hydrogens is 262 g/mol. The summed E-state index contributed by atoms with van der Waals surface area (Å²) >= 11 is 0. The quantitative estimate of drug-likeness (QED) is 0.909. The van der Waals surface area contributed by atoms with Crippen LogP contribution in [0.4, 0.5) is 0 Å². The summed E-state index contributed by atoms with van der Waals surface area (Å²) in [4.78, 5) is 14.5. The largest absolute Gasteiger partial charge is 0.342 e. The molecular formula is C17H23N3O. The van der Waals surface area contributed by atoms with E-state index in [2.05, 4.69) is 28.6 Å². The van der Waals surface area contributed by atoms with Crippen molar-refractivity contribution in [1.29, 1.82) is 0 Å². The summed E-state index contributed by atoms with van der Waals surface area (Å²) in [5.74, 6) is 0.601. The minimum atomic E-state index is 0.206. The zero-order chi connectivity index (χ0) is 14.7. The van der Waals surface area contributed by atoms with Gasteiger partial charge >= 0.3 is 0 Å². The average molecular weight is 285 g/mol. The lowest BCUT2D eigenvalue weighted by Crippen LogP contribution is -2.51. The molecule has 1 aromatic rings. The number of nitrogens with one attached hydrogen (secondary N) is 1. The molecule has 2 bridgehead atoms. The predicted molar refractivity (Wildman–Crippen MR) is 83.5 cm³/mol. The first-order valence-corrected chi connectivity index (χ1v) is 7.72. The number of carbonyl (C=O) groups excluding carboxylic acids is 1. The van der Waals surface area contributed by atoms with E-state index in [0.717, 1.165) is 44.6 Å². The fourth-order valence-corrected chi connectivity index (χ4v) is 3.11. The second-order valence-electron chi connectivity index (χ2n) is 5.92. The van der Waals surface area contributed by atoms with E-state index in [9.17, 15) is 4.79 Å². The molecule has 4 nitrogen and oxygen atoms in total. The Morgan fingerprint density at radius 1 is 1.38 bits per heavy atom. The number of amides is 1. The molecule has 0 saturated carbocycles. The van der Waals surface area contributed by atoms with Crippen LogP contribution >= 0.6 is 0 Å². The van der Waals surface area contributed by atoms with Gasteiger partial charge in [0.05, 0.1) is 0 Å². The Labute approximate surface area is 126 Å². The van der Waals surface area contributed by atoms with Gasteiger partial charge in [0.15, 0.2) is 0 Å². The number of hydrogen-bond acceptors (Lipinski definition) is 3. The number of rotatable bonds is 4. The molecule has 0 aromatic heterocycles. The van der Waals surface area contributed by atoms with E-state index in [1.54, 1.807) is 0 Å². The molecule has 2 atom stereocenters. The normalized spacial score (nSPS) is 24.3. The molecule has 1 amide bonds. The van der Waals surface area contributed by atoms with E-state index in [1.165, 1.54) is 5.56 Å². The molecule has 0 radical (unpaired) electrons. The van der Waals surface area contributed by atoms with Crippen molar-refractivity contribution in [2.24, 2.45) is 5.92 Å². The molecule has 1 saturated heterocycles. The number of hydrogen-bond donors (Lipinski definition) is 1. The van der Waals surface area contributed by atoms with Crippen molar-refractivity contribution in [2.75, 3.05) is 33.2 Å². The highest BCUT2D eigenvalue weighted by molar-refractivity contribution is 5.94. The maximum atomic E-state index is 12.6. The number of benzene rings is 1. The van der Waals surface area contributed by atoms with Crippen molar-refractivity contribution in [3.8, 4) is 0 Å². The molecule has 1 N–H and O–H groups in total. The molecule has 1 aromatic carbocycles. The van der Waals surface area contributed by atoms with Gasteiger partial charge in [0.25, 0.3) is 0 Å². The second kappa shape index (κ2) is 6.41. The first-order valence-electron chi connectivity index (χ1n) is 7.72. The Morgan fingerprint density at radius 2 is 2.19 bits per heavy atom. The summed E-state index contributed by atoms with van der Waals surface area (Å²) in [7, 11) is 1.92. The number of hydrazine groups is 1. The predicted octanol–water partition coefficient (Wildman–Crippen LogP) is 1.45. The summed E-state index contributed by atoms with van der Waals surface area (Å²) in [6.45, 7) is 3.55. The van der Waals surface area contributed by atoms with Crippen LogP contribution in [0, 0.1) is 5.92 Å². The second-order valence-corrected chi connectivity index (χ2v) is 5.92. The van der Waals surface area contributed by atoms with Crippen molar-refractivity contribution in [2.45, 2.75) is 12.8 Å². The lowest BCUT2D eigenvalue weighted by molar-refractivity contribution is -0.127. The van der Waals surface area contributed by atoms with Crippen molar-refractivity contribution < 1.29 is 4.79 Å². The number of nitrogens with zero attached hydrogens (tertiary/aromatic N) is 2. The van der Waals surface area contributed by atoms with Crippen LogP contribution in [0.5, 0.6) is 0 Å². The Balaban J connectivity index is 1.59. The van der Waals surface area contributed by atoms with Gasteiger partial charge in [0.2, 0.25) is 5.91 Å². The molecule has 4 heteroatoms. The molecule has 2 unspecified atom stereocenters. The Morgan fingerprint density at radius 3 is 3.00 bits per heavy atom. The van der Waals surface area contributed by atoms with E-state index >= 15 is 0 Å².